The molecule has 0 aliphatic rings. The molecule has 0 saturated carbocycles. The van der Waals surface area contributed by atoms with Gasteiger partial charge in [0, 0.05) is 6.20 Å². The molecule has 0 radical (unpaired) electrons. The van der Waals surface area contributed by atoms with Crippen molar-refractivity contribution in [3.8, 4) is 17.3 Å². The maximum absolute atomic E-state index is 13.3. The third-order valence-electron chi connectivity index (χ3n) is 4.25. The Kier molecular flexibility index (Phi) is 4.56. The molecule has 0 spiro atoms. The van der Waals surface area contributed by atoms with E-state index in [1.807, 2.05) is 0 Å². The van der Waals surface area contributed by atoms with Crippen LogP contribution in [0, 0.1) is 13.5 Å². The van der Waals surface area contributed by atoms with Crippen LogP contribution >= 0.6 is 11.6 Å². The van der Waals surface area contributed by atoms with Crippen molar-refractivity contribution >= 4 is 28.2 Å². The second kappa shape index (κ2) is 7.07. The monoisotopic (exact) mass is 412 g/mol. The van der Waals surface area contributed by atoms with Gasteiger partial charge in [0.05, 0.1) is 22.5 Å². The number of hydrogen-bond acceptors (Lipinski definition) is 4. The summed E-state index contributed by atoms with van der Waals surface area (Å²) in [7, 11) is 0. The van der Waals surface area contributed by atoms with Crippen LogP contribution in [0.25, 0.3) is 33.1 Å². The molecule has 4 aromatic rings. The Morgan fingerprint density at radius 1 is 1.31 bits per heavy atom. The number of alkyl halides is 2. The highest BCUT2D eigenvalue weighted by Gasteiger charge is 2.22. The van der Waals surface area contributed by atoms with Crippen LogP contribution in [0.2, 0.25) is 5.02 Å². The molecule has 0 aliphatic carbocycles. The highest BCUT2D eigenvalue weighted by Crippen LogP contribution is 2.29. The standard InChI is InChI=1S/C19H11ClF2N6O/c1-9-6-10(23-2)7-11-15(9)25-17(26-19(11)29)14-8-13(16(21)22)27-28(14)18-12(20)4-3-5-24-18/h3-8,16H,1H3,(H,25,26,29). The predicted molar refractivity (Wildman–Crippen MR) is 104 cm³/mol. The minimum absolute atomic E-state index is 0.0299. The number of nitrogens with one attached hydrogen (secondary N) is 1. The number of pyridine rings is 1. The number of hydrogen-bond donors (Lipinski definition) is 1. The van der Waals surface area contributed by atoms with Crippen LogP contribution in [0.15, 0.2) is 41.3 Å². The molecule has 0 fully saturated rings. The number of fused-ring (bicyclic) bond motifs is 1. The molecule has 29 heavy (non-hydrogen) atoms. The Morgan fingerprint density at radius 3 is 2.79 bits per heavy atom. The second-order valence-electron chi connectivity index (χ2n) is 6.16. The number of benzene rings is 1. The molecule has 0 unspecified atom stereocenters. The Labute approximate surface area is 167 Å². The van der Waals surface area contributed by atoms with Gasteiger partial charge in [-0.05, 0) is 36.8 Å². The van der Waals surface area contributed by atoms with Gasteiger partial charge in [-0.15, -0.1) is 0 Å². The van der Waals surface area contributed by atoms with E-state index in [4.69, 9.17) is 18.2 Å². The number of aromatic amines is 1. The fraction of sp³-hybridized carbons (Fsp3) is 0.105. The minimum atomic E-state index is -2.84. The summed E-state index contributed by atoms with van der Waals surface area (Å²) in [6, 6.07) is 7.30. The highest BCUT2D eigenvalue weighted by molar-refractivity contribution is 6.32. The topological polar surface area (TPSA) is 80.8 Å². The Bertz CT molecular complexity index is 1360. The minimum Gasteiger partial charge on any atom is -0.305 e. The zero-order chi connectivity index (χ0) is 20.7. The summed E-state index contributed by atoms with van der Waals surface area (Å²) in [6.07, 6.45) is -1.39. The van der Waals surface area contributed by atoms with Crippen molar-refractivity contribution in [2.75, 3.05) is 0 Å². The van der Waals surface area contributed by atoms with Crippen LogP contribution in [0.1, 0.15) is 17.7 Å². The van der Waals surface area contributed by atoms with Crippen LogP contribution in [0.3, 0.4) is 0 Å². The molecule has 3 heterocycles. The van der Waals surface area contributed by atoms with Crippen LogP contribution in [0.5, 0.6) is 0 Å². The summed E-state index contributed by atoms with van der Waals surface area (Å²) in [5.41, 5.74) is 0.363. The van der Waals surface area contributed by atoms with E-state index in [0.717, 1.165) is 10.7 Å². The van der Waals surface area contributed by atoms with Gasteiger partial charge in [0.25, 0.3) is 12.0 Å². The van der Waals surface area contributed by atoms with E-state index in [1.165, 1.54) is 12.3 Å². The smallest absolute Gasteiger partial charge is 0.282 e. The number of halogens is 3. The van der Waals surface area contributed by atoms with Crippen molar-refractivity contribution in [2.45, 2.75) is 13.3 Å². The molecule has 10 heteroatoms. The van der Waals surface area contributed by atoms with Crippen LogP contribution in [-0.2, 0) is 0 Å². The van der Waals surface area contributed by atoms with Gasteiger partial charge in [0.15, 0.2) is 17.3 Å². The van der Waals surface area contributed by atoms with Crippen LogP contribution in [-0.4, -0.2) is 24.7 Å². The zero-order valence-corrected chi connectivity index (χ0v) is 15.6. The van der Waals surface area contributed by atoms with Crippen molar-refractivity contribution in [3.63, 3.8) is 0 Å². The highest BCUT2D eigenvalue weighted by atomic mass is 35.5. The summed E-state index contributed by atoms with van der Waals surface area (Å²) < 4.78 is 27.8. The van der Waals surface area contributed by atoms with E-state index in [0.29, 0.717) is 16.8 Å². The molecule has 144 valence electrons. The Hall–Kier alpha value is -3.64. The van der Waals surface area contributed by atoms with Crippen molar-refractivity contribution in [3.05, 3.63) is 74.6 Å². The third-order valence-corrected chi connectivity index (χ3v) is 4.54. The van der Waals surface area contributed by atoms with E-state index in [2.05, 4.69) is 24.9 Å². The number of aromatic nitrogens is 5. The molecule has 3 aromatic heterocycles. The van der Waals surface area contributed by atoms with Gasteiger partial charge in [-0.3, -0.25) is 4.79 Å². The molecule has 0 amide bonds. The predicted octanol–water partition coefficient (Wildman–Crippen LogP) is 4.62. The number of H-pyrrole nitrogens is 1. The Balaban J connectivity index is 2.01. The normalized spacial score (nSPS) is 11.2. The van der Waals surface area contributed by atoms with Gasteiger partial charge in [-0.25, -0.2) is 28.3 Å². The molecule has 7 nitrogen and oxygen atoms in total. The molecular weight excluding hydrogens is 402 g/mol. The third kappa shape index (κ3) is 3.23. The van der Waals surface area contributed by atoms with E-state index in [9.17, 15) is 13.6 Å². The van der Waals surface area contributed by atoms with Gasteiger partial charge >= 0.3 is 0 Å². The maximum Gasteiger partial charge on any atom is 0.282 e. The largest absolute Gasteiger partial charge is 0.305 e. The molecule has 0 aliphatic heterocycles. The zero-order valence-electron chi connectivity index (χ0n) is 14.8. The van der Waals surface area contributed by atoms with Gasteiger partial charge in [0.2, 0.25) is 0 Å². The van der Waals surface area contributed by atoms with Crippen LogP contribution in [0.4, 0.5) is 14.5 Å². The van der Waals surface area contributed by atoms with E-state index < -0.39 is 17.7 Å². The first-order valence-corrected chi connectivity index (χ1v) is 8.68. The first-order valence-electron chi connectivity index (χ1n) is 8.30. The van der Waals surface area contributed by atoms with E-state index in [-0.39, 0.29) is 27.7 Å². The maximum atomic E-state index is 13.3. The van der Waals surface area contributed by atoms with Crippen molar-refractivity contribution in [1.29, 1.82) is 0 Å². The quantitative estimate of drug-likeness (QED) is 0.498. The summed E-state index contributed by atoms with van der Waals surface area (Å²) in [6.45, 7) is 8.85. The lowest BCUT2D eigenvalue weighted by Gasteiger charge is -2.09. The van der Waals surface area contributed by atoms with Gasteiger partial charge < -0.3 is 4.98 Å². The van der Waals surface area contributed by atoms with Crippen molar-refractivity contribution in [1.82, 2.24) is 24.7 Å². The summed E-state index contributed by atoms with van der Waals surface area (Å²) in [5.74, 6) is 0.154. The first kappa shape index (κ1) is 18.7. The van der Waals surface area contributed by atoms with Crippen molar-refractivity contribution < 1.29 is 8.78 Å². The summed E-state index contributed by atoms with van der Waals surface area (Å²) in [5, 5.41) is 4.32. The second-order valence-corrected chi connectivity index (χ2v) is 6.57. The van der Waals surface area contributed by atoms with Crippen molar-refractivity contribution in [2.24, 2.45) is 0 Å². The average Bonchev–Trinajstić information content (AvgIpc) is 3.14. The molecule has 0 bridgehead atoms. The lowest BCUT2D eigenvalue weighted by molar-refractivity contribution is 0.145. The molecule has 1 N–H and O–H groups in total. The summed E-state index contributed by atoms with van der Waals surface area (Å²) in [4.78, 5) is 27.1. The van der Waals surface area contributed by atoms with E-state index in [1.54, 1.807) is 25.1 Å². The fourth-order valence-corrected chi connectivity index (χ4v) is 3.15. The van der Waals surface area contributed by atoms with Gasteiger partial charge in [-0.2, -0.15) is 5.10 Å². The van der Waals surface area contributed by atoms with Gasteiger partial charge in [0.1, 0.15) is 11.4 Å². The molecule has 1 aromatic carbocycles. The fourth-order valence-electron chi connectivity index (χ4n) is 2.95. The lowest BCUT2D eigenvalue weighted by atomic mass is 10.1. The first-order chi connectivity index (χ1) is 13.9. The molecule has 0 atom stereocenters. The number of rotatable bonds is 3. The average molecular weight is 413 g/mol. The SMILES string of the molecule is [C-]#[N+]c1cc(C)c2nc(-c3cc(C(F)F)nn3-c3ncccc3Cl)[nH]c(=O)c2c1. The molecule has 0 saturated heterocycles. The number of aryl methyl sites for hydroxylation is 1. The lowest BCUT2D eigenvalue weighted by Crippen LogP contribution is -2.12. The molecule has 4 rings (SSSR count). The summed E-state index contributed by atoms with van der Waals surface area (Å²) >= 11 is 6.16. The van der Waals surface area contributed by atoms with Crippen LogP contribution < -0.4 is 5.56 Å². The Morgan fingerprint density at radius 2 is 2.10 bits per heavy atom. The van der Waals surface area contributed by atoms with Gasteiger partial charge in [-0.1, -0.05) is 17.7 Å². The number of nitrogens with zero attached hydrogens (tertiary/aromatic N) is 5. The van der Waals surface area contributed by atoms with E-state index >= 15 is 0 Å². The molecular formula is C19H11ClF2N6O.